The molecule has 0 radical (unpaired) electrons. The van der Waals surface area contributed by atoms with Gasteiger partial charge in [-0.05, 0) is 24.7 Å². The van der Waals surface area contributed by atoms with Gasteiger partial charge in [0.25, 0.3) is 0 Å². The number of hydrogen-bond acceptors (Lipinski definition) is 2. The Morgan fingerprint density at radius 1 is 1.40 bits per heavy atom. The van der Waals surface area contributed by atoms with Crippen molar-refractivity contribution in [2.24, 2.45) is 5.73 Å². The molecule has 1 aromatic carbocycles. The minimum Gasteiger partial charge on any atom is -0.330 e. The monoisotopic (exact) mass is 265 g/mol. The maximum absolute atomic E-state index is 5.48. The van der Waals surface area contributed by atoms with Crippen LogP contribution in [0, 0.1) is 0 Å². The number of nitrogens with zero attached hydrogens (tertiary/aromatic N) is 2. The Morgan fingerprint density at radius 3 is 3.00 bits per heavy atom. The molecule has 0 aliphatic carbocycles. The first kappa shape index (κ1) is 10.4. The van der Waals surface area contributed by atoms with Gasteiger partial charge in [-0.3, -0.25) is 0 Å². The Labute approximate surface area is 97.1 Å². The zero-order valence-corrected chi connectivity index (χ0v) is 9.81. The molecule has 0 aliphatic rings. The lowest BCUT2D eigenvalue weighted by Crippen LogP contribution is -2.02. The van der Waals surface area contributed by atoms with Gasteiger partial charge in [-0.15, -0.1) is 0 Å². The summed E-state index contributed by atoms with van der Waals surface area (Å²) in [5, 5.41) is 0. The lowest BCUT2D eigenvalue weighted by atomic mass is 10.3. The predicted octanol–water partition coefficient (Wildman–Crippen LogP) is 2.14. The van der Waals surface area contributed by atoms with E-state index in [1.807, 2.05) is 41.4 Å². The van der Waals surface area contributed by atoms with Crippen molar-refractivity contribution < 1.29 is 0 Å². The van der Waals surface area contributed by atoms with Crippen LogP contribution in [0.15, 0.2) is 41.3 Å². The SMILES string of the molecule is NCCc1cn(-c2cccc(Br)c2)cn1. The van der Waals surface area contributed by atoms with Crippen LogP contribution in [0.2, 0.25) is 0 Å². The Balaban J connectivity index is 2.29. The van der Waals surface area contributed by atoms with Crippen LogP contribution in [0.4, 0.5) is 0 Å². The minimum atomic E-state index is 0.634. The number of nitrogens with two attached hydrogens (primary N) is 1. The fraction of sp³-hybridized carbons (Fsp3) is 0.182. The van der Waals surface area contributed by atoms with Crippen LogP contribution in [0.5, 0.6) is 0 Å². The highest BCUT2D eigenvalue weighted by atomic mass is 79.9. The van der Waals surface area contributed by atoms with Gasteiger partial charge >= 0.3 is 0 Å². The first-order valence-electron chi connectivity index (χ1n) is 4.78. The molecule has 3 nitrogen and oxygen atoms in total. The smallest absolute Gasteiger partial charge is 0.0995 e. The summed E-state index contributed by atoms with van der Waals surface area (Å²) in [6.45, 7) is 0.634. The van der Waals surface area contributed by atoms with E-state index in [0.717, 1.165) is 22.3 Å². The molecule has 78 valence electrons. The molecule has 0 fully saturated rings. The first-order valence-corrected chi connectivity index (χ1v) is 5.58. The average Bonchev–Trinajstić information content (AvgIpc) is 2.67. The second-order valence-electron chi connectivity index (χ2n) is 3.29. The van der Waals surface area contributed by atoms with Gasteiger partial charge in [0.2, 0.25) is 0 Å². The summed E-state index contributed by atoms with van der Waals surface area (Å²) in [4.78, 5) is 4.28. The molecule has 4 heteroatoms. The Kier molecular flexibility index (Phi) is 3.18. The van der Waals surface area contributed by atoms with Crippen molar-refractivity contribution in [1.82, 2.24) is 9.55 Å². The molecule has 0 unspecified atom stereocenters. The van der Waals surface area contributed by atoms with Crippen LogP contribution < -0.4 is 5.73 Å². The van der Waals surface area contributed by atoms with Crippen LogP contribution >= 0.6 is 15.9 Å². The number of rotatable bonds is 3. The van der Waals surface area contributed by atoms with E-state index in [1.165, 1.54) is 0 Å². The molecule has 15 heavy (non-hydrogen) atoms. The van der Waals surface area contributed by atoms with Gasteiger partial charge in [-0.25, -0.2) is 4.98 Å². The molecule has 2 rings (SSSR count). The van der Waals surface area contributed by atoms with E-state index in [4.69, 9.17) is 5.73 Å². The number of hydrogen-bond donors (Lipinski definition) is 1. The normalized spacial score (nSPS) is 10.5. The van der Waals surface area contributed by atoms with E-state index in [2.05, 4.69) is 20.9 Å². The van der Waals surface area contributed by atoms with E-state index in [1.54, 1.807) is 0 Å². The fourth-order valence-corrected chi connectivity index (χ4v) is 1.81. The molecule has 0 saturated heterocycles. The van der Waals surface area contributed by atoms with Crippen molar-refractivity contribution in [3.8, 4) is 5.69 Å². The standard InChI is InChI=1S/C11H12BrN3/c12-9-2-1-3-11(6-9)15-7-10(4-5-13)14-8-15/h1-3,6-8H,4-5,13H2. The van der Waals surface area contributed by atoms with Gasteiger partial charge in [-0.1, -0.05) is 22.0 Å². The van der Waals surface area contributed by atoms with Crippen molar-refractivity contribution in [2.75, 3.05) is 6.54 Å². The lowest BCUT2D eigenvalue weighted by Gasteiger charge is -2.01. The number of benzene rings is 1. The summed E-state index contributed by atoms with van der Waals surface area (Å²) < 4.78 is 3.06. The van der Waals surface area contributed by atoms with Gasteiger partial charge in [0.05, 0.1) is 12.0 Å². The van der Waals surface area contributed by atoms with Crippen molar-refractivity contribution in [3.05, 3.63) is 47.0 Å². The first-order chi connectivity index (χ1) is 7.29. The summed E-state index contributed by atoms with van der Waals surface area (Å²) in [5.74, 6) is 0. The highest BCUT2D eigenvalue weighted by Crippen LogP contribution is 2.15. The molecule has 0 aliphatic heterocycles. The molecule has 0 spiro atoms. The van der Waals surface area contributed by atoms with E-state index < -0.39 is 0 Å². The van der Waals surface area contributed by atoms with Gasteiger partial charge in [-0.2, -0.15) is 0 Å². The van der Waals surface area contributed by atoms with Crippen LogP contribution in [0.25, 0.3) is 5.69 Å². The zero-order chi connectivity index (χ0) is 10.7. The zero-order valence-electron chi connectivity index (χ0n) is 8.23. The molecular weight excluding hydrogens is 254 g/mol. The Hall–Kier alpha value is -1.13. The summed E-state index contributed by atoms with van der Waals surface area (Å²) in [5.41, 5.74) is 7.60. The Bertz CT molecular complexity index is 451. The molecule has 0 saturated carbocycles. The predicted molar refractivity (Wildman–Crippen MR) is 64.0 cm³/mol. The van der Waals surface area contributed by atoms with E-state index >= 15 is 0 Å². The molecule has 2 N–H and O–H groups in total. The summed E-state index contributed by atoms with van der Waals surface area (Å²) in [6, 6.07) is 8.09. The van der Waals surface area contributed by atoms with Gasteiger partial charge in [0.15, 0.2) is 0 Å². The van der Waals surface area contributed by atoms with E-state index in [9.17, 15) is 0 Å². The van der Waals surface area contributed by atoms with Gasteiger partial charge in [0, 0.05) is 22.8 Å². The third-order valence-corrected chi connectivity index (χ3v) is 2.64. The maximum atomic E-state index is 5.48. The third-order valence-electron chi connectivity index (χ3n) is 2.14. The topological polar surface area (TPSA) is 43.8 Å². The minimum absolute atomic E-state index is 0.634. The Morgan fingerprint density at radius 2 is 2.27 bits per heavy atom. The molecule has 1 aromatic heterocycles. The lowest BCUT2D eigenvalue weighted by molar-refractivity contribution is 0.934. The van der Waals surface area contributed by atoms with Crippen molar-refractivity contribution in [2.45, 2.75) is 6.42 Å². The number of aromatic nitrogens is 2. The largest absolute Gasteiger partial charge is 0.330 e. The van der Waals surface area contributed by atoms with Crippen LogP contribution in [-0.4, -0.2) is 16.1 Å². The number of halogens is 1. The summed E-state index contributed by atoms with van der Waals surface area (Å²) in [7, 11) is 0. The molecule has 1 heterocycles. The maximum Gasteiger partial charge on any atom is 0.0995 e. The molecule has 0 bridgehead atoms. The third kappa shape index (κ3) is 2.46. The molecule has 0 amide bonds. The van der Waals surface area contributed by atoms with Crippen molar-refractivity contribution >= 4 is 15.9 Å². The number of imidazole rings is 1. The fourth-order valence-electron chi connectivity index (χ4n) is 1.42. The summed E-state index contributed by atoms with van der Waals surface area (Å²) >= 11 is 3.44. The molecule has 2 aromatic rings. The highest BCUT2D eigenvalue weighted by Gasteiger charge is 2.00. The van der Waals surface area contributed by atoms with Crippen molar-refractivity contribution in [1.29, 1.82) is 0 Å². The van der Waals surface area contributed by atoms with Crippen LogP contribution in [-0.2, 0) is 6.42 Å². The van der Waals surface area contributed by atoms with E-state index in [-0.39, 0.29) is 0 Å². The molecule has 0 atom stereocenters. The molecular formula is C11H12BrN3. The van der Waals surface area contributed by atoms with Crippen LogP contribution in [0.1, 0.15) is 5.69 Å². The average molecular weight is 266 g/mol. The van der Waals surface area contributed by atoms with Gasteiger partial charge < -0.3 is 10.3 Å². The van der Waals surface area contributed by atoms with Crippen molar-refractivity contribution in [3.63, 3.8) is 0 Å². The van der Waals surface area contributed by atoms with E-state index in [0.29, 0.717) is 6.54 Å². The summed E-state index contributed by atoms with van der Waals surface area (Å²) in [6.07, 6.45) is 4.64. The van der Waals surface area contributed by atoms with Crippen LogP contribution in [0.3, 0.4) is 0 Å². The van der Waals surface area contributed by atoms with Gasteiger partial charge in [0.1, 0.15) is 0 Å². The second kappa shape index (κ2) is 4.59. The second-order valence-corrected chi connectivity index (χ2v) is 4.21. The highest BCUT2D eigenvalue weighted by molar-refractivity contribution is 9.10. The quantitative estimate of drug-likeness (QED) is 0.924.